The van der Waals surface area contributed by atoms with Gasteiger partial charge in [0.05, 0.1) is 12.1 Å². The Hall–Kier alpha value is -0.780. The monoisotopic (exact) mass is 211 g/mol. The van der Waals surface area contributed by atoms with Crippen molar-refractivity contribution in [3.63, 3.8) is 0 Å². The van der Waals surface area contributed by atoms with Gasteiger partial charge < -0.3 is 10.4 Å². The summed E-state index contributed by atoms with van der Waals surface area (Å²) >= 11 is 0. The van der Waals surface area contributed by atoms with Crippen LogP contribution in [-0.2, 0) is 4.79 Å². The molecular formula is C8H12F3NO2. The third-order valence-corrected chi connectivity index (χ3v) is 2.30. The highest BCUT2D eigenvalue weighted by molar-refractivity contribution is 5.82. The minimum Gasteiger partial charge on any atom is -0.391 e. The van der Waals surface area contributed by atoms with Crippen LogP contribution < -0.4 is 5.32 Å². The van der Waals surface area contributed by atoms with E-state index in [4.69, 9.17) is 0 Å². The topological polar surface area (TPSA) is 49.3 Å². The van der Waals surface area contributed by atoms with E-state index in [0.717, 1.165) is 12.8 Å². The highest BCUT2D eigenvalue weighted by Crippen LogP contribution is 2.21. The molecule has 2 N–H and O–H groups in total. The Kier molecular flexibility index (Phi) is 3.36. The van der Waals surface area contributed by atoms with Crippen LogP contribution in [0.2, 0.25) is 0 Å². The standard InChI is InChI=1S/C8H12F3NO2/c9-8(10,11)7(14)12-5-3-1-2-4-6(5)13/h5-6,13H,1-4H2,(H,12,14)/t5-,6-/m1/s1. The van der Waals surface area contributed by atoms with Gasteiger partial charge in [0.2, 0.25) is 0 Å². The number of alkyl halides is 3. The molecule has 1 amide bonds. The van der Waals surface area contributed by atoms with E-state index in [-0.39, 0.29) is 0 Å². The van der Waals surface area contributed by atoms with E-state index in [1.54, 1.807) is 5.32 Å². The first kappa shape index (κ1) is 11.3. The summed E-state index contributed by atoms with van der Waals surface area (Å²) in [5.74, 6) is -1.97. The molecule has 0 spiro atoms. The number of rotatable bonds is 1. The van der Waals surface area contributed by atoms with Gasteiger partial charge in [0.25, 0.3) is 0 Å². The fourth-order valence-electron chi connectivity index (χ4n) is 1.53. The predicted molar refractivity (Wildman–Crippen MR) is 42.5 cm³/mol. The lowest BCUT2D eigenvalue weighted by Gasteiger charge is -2.28. The van der Waals surface area contributed by atoms with Crippen LogP contribution in [0.4, 0.5) is 13.2 Å². The van der Waals surface area contributed by atoms with E-state index in [0.29, 0.717) is 12.8 Å². The number of aliphatic hydroxyl groups excluding tert-OH is 1. The van der Waals surface area contributed by atoms with Gasteiger partial charge in [0, 0.05) is 0 Å². The smallest absolute Gasteiger partial charge is 0.391 e. The summed E-state index contributed by atoms with van der Waals surface area (Å²) in [4.78, 5) is 10.5. The van der Waals surface area contributed by atoms with Gasteiger partial charge in [-0.05, 0) is 12.8 Å². The molecule has 0 saturated heterocycles. The van der Waals surface area contributed by atoms with Gasteiger partial charge in [-0.3, -0.25) is 4.79 Å². The zero-order chi connectivity index (χ0) is 10.8. The zero-order valence-electron chi connectivity index (χ0n) is 7.47. The Morgan fingerprint density at radius 3 is 2.36 bits per heavy atom. The fraction of sp³-hybridized carbons (Fsp3) is 0.875. The molecule has 0 bridgehead atoms. The van der Waals surface area contributed by atoms with Gasteiger partial charge in [0.1, 0.15) is 0 Å². The fourth-order valence-corrected chi connectivity index (χ4v) is 1.53. The molecule has 82 valence electrons. The highest BCUT2D eigenvalue weighted by atomic mass is 19.4. The number of hydrogen-bond donors (Lipinski definition) is 2. The van der Waals surface area contributed by atoms with Crippen molar-refractivity contribution in [1.29, 1.82) is 0 Å². The van der Waals surface area contributed by atoms with Crippen molar-refractivity contribution in [2.24, 2.45) is 0 Å². The lowest BCUT2D eigenvalue weighted by Crippen LogP contribution is -2.49. The van der Waals surface area contributed by atoms with Gasteiger partial charge in [-0.1, -0.05) is 12.8 Å². The molecule has 0 heterocycles. The maximum absolute atomic E-state index is 11.8. The van der Waals surface area contributed by atoms with E-state index in [1.165, 1.54) is 0 Å². The second-order valence-corrected chi connectivity index (χ2v) is 3.43. The van der Waals surface area contributed by atoms with Gasteiger partial charge in [-0.25, -0.2) is 0 Å². The van der Waals surface area contributed by atoms with Crippen molar-refractivity contribution in [2.45, 2.75) is 44.0 Å². The number of halogens is 3. The zero-order valence-corrected chi connectivity index (χ0v) is 7.47. The maximum Gasteiger partial charge on any atom is 0.471 e. The van der Waals surface area contributed by atoms with Gasteiger partial charge in [0.15, 0.2) is 0 Å². The molecule has 0 radical (unpaired) electrons. The van der Waals surface area contributed by atoms with Crippen LogP contribution in [0.5, 0.6) is 0 Å². The molecule has 0 unspecified atom stereocenters. The Balaban J connectivity index is 2.46. The van der Waals surface area contributed by atoms with Gasteiger partial charge >= 0.3 is 12.1 Å². The molecule has 0 aliphatic heterocycles. The molecular weight excluding hydrogens is 199 g/mol. The molecule has 3 nitrogen and oxygen atoms in total. The Labute approximate surface area is 79.3 Å². The number of carbonyl (C=O) groups is 1. The van der Waals surface area contributed by atoms with Gasteiger partial charge in [-0.2, -0.15) is 13.2 Å². The Morgan fingerprint density at radius 2 is 1.86 bits per heavy atom. The highest BCUT2D eigenvalue weighted by Gasteiger charge is 2.40. The Morgan fingerprint density at radius 1 is 1.29 bits per heavy atom. The molecule has 1 fully saturated rings. The quantitative estimate of drug-likeness (QED) is 0.679. The predicted octanol–water partition coefficient (Wildman–Crippen LogP) is 0.968. The number of carbonyl (C=O) groups excluding carboxylic acids is 1. The molecule has 1 aliphatic carbocycles. The van der Waals surface area contributed by atoms with Crippen LogP contribution in [0.15, 0.2) is 0 Å². The SMILES string of the molecule is O=C(N[C@@H]1CCCC[C@H]1O)C(F)(F)F. The van der Waals surface area contributed by atoms with Crippen LogP contribution in [0.3, 0.4) is 0 Å². The summed E-state index contributed by atoms with van der Waals surface area (Å²) in [7, 11) is 0. The normalized spacial score (nSPS) is 28.6. The molecule has 0 aromatic heterocycles. The van der Waals surface area contributed by atoms with Crippen molar-refractivity contribution in [3.8, 4) is 0 Å². The number of amides is 1. The second kappa shape index (κ2) is 4.16. The summed E-state index contributed by atoms with van der Waals surface area (Å²) in [6.45, 7) is 0. The minimum absolute atomic E-state index is 0.406. The van der Waals surface area contributed by atoms with E-state index < -0.39 is 24.2 Å². The van der Waals surface area contributed by atoms with Crippen molar-refractivity contribution in [1.82, 2.24) is 5.32 Å². The molecule has 2 atom stereocenters. The van der Waals surface area contributed by atoms with E-state index >= 15 is 0 Å². The van der Waals surface area contributed by atoms with Crippen molar-refractivity contribution >= 4 is 5.91 Å². The number of nitrogens with one attached hydrogen (secondary N) is 1. The van der Waals surface area contributed by atoms with Gasteiger partial charge in [-0.15, -0.1) is 0 Å². The van der Waals surface area contributed by atoms with Crippen LogP contribution in [0, 0.1) is 0 Å². The summed E-state index contributed by atoms with van der Waals surface area (Å²) in [5.41, 5.74) is 0. The first-order valence-electron chi connectivity index (χ1n) is 4.47. The van der Waals surface area contributed by atoms with Crippen molar-refractivity contribution in [3.05, 3.63) is 0 Å². The largest absolute Gasteiger partial charge is 0.471 e. The van der Waals surface area contributed by atoms with E-state index in [1.807, 2.05) is 0 Å². The molecule has 0 aromatic carbocycles. The lowest BCUT2D eigenvalue weighted by atomic mass is 9.92. The maximum atomic E-state index is 11.8. The van der Waals surface area contributed by atoms with Crippen molar-refractivity contribution < 1.29 is 23.1 Å². The van der Waals surface area contributed by atoms with Crippen LogP contribution in [0.1, 0.15) is 25.7 Å². The molecule has 6 heteroatoms. The van der Waals surface area contributed by atoms with Crippen LogP contribution in [-0.4, -0.2) is 29.3 Å². The third kappa shape index (κ3) is 2.87. The minimum atomic E-state index is -4.86. The molecule has 1 aliphatic rings. The first-order chi connectivity index (χ1) is 6.41. The number of hydrogen-bond acceptors (Lipinski definition) is 2. The Bertz CT molecular complexity index is 217. The molecule has 1 saturated carbocycles. The summed E-state index contributed by atoms with van der Waals surface area (Å²) in [6, 6.07) is -0.752. The average Bonchev–Trinajstić information content (AvgIpc) is 2.07. The van der Waals surface area contributed by atoms with E-state index in [9.17, 15) is 23.1 Å². The summed E-state index contributed by atoms with van der Waals surface area (Å²) < 4.78 is 35.5. The number of aliphatic hydroxyl groups is 1. The summed E-state index contributed by atoms with van der Waals surface area (Å²) in [6.07, 6.45) is -3.34. The summed E-state index contributed by atoms with van der Waals surface area (Å²) in [5, 5.41) is 11.1. The first-order valence-corrected chi connectivity index (χ1v) is 4.47. The lowest BCUT2D eigenvalue weighted by molar-refractivity contribution is -0.175. The van der Waals surface area contributed by atoms with E-state index in [2.05, 4.69) is 0 Å². The van der Waals surface area contributed by atoms with Crippen LogP contribution >= 0.6 is 0 Å². The molecule has 1 rings (SSSR count). The third-order valence-electron chi connectivity index (χ3n) is 2.30. The van der Waals surface area contributed by atoms with Crippen molar-refractivity contribution in [2.75, 3.05) is 0 Å². The van der Waals surface area contributed by atoms with Crippen LogP contribution in [0.25, 0.3) is 0 Å². The molecule has 0 aromatic rings. The molecule has 14 heavy (non-hydrogen) atoms. The second-order valence-electron chi connectivity index (χ2n) is 3.43. The average molecular weight is 211 g/mol.